The number of nitrogens with one attached hydrogen (secondary N) is 1. The van der Waals surface area contributed by atoms with Crippen LogP contribution in [0.4, 0.5) is 0 Å². The van der Waals surface area contributed by atoms with Crippen molar-refractivity contribution >= 4 is 18.4 Å². The average molecular weight is 176 g/mol. The molecule has 0 bridgehead atoms. The van der Waals surface area contributed by atoms with E-state index in [9.17, 15) is 4.79 Å². The molecule has 0 unspecified atom stereocenters. The Bertz CT molecular complexity index is 208. The molecule has 11 heavy (non-hydrogen) atoms. The molecule has 1 N–H and O–H groups in total. The fourth-order valence-corrected chi connectivity index (χ4v) is 0.666. The quantitative estimate of drug-likeness (QED) is 0.694. The monoisotopic (exact) mass is 175 g/mol. The maximum absolute atomic E-state index is 10.9. The predicted molar refractivity (Wildman–Crippen MR) is 44.0 cm³/mol. The van der Waals surface area contributed by atoms with Gasteiger partial charge in [-0.25, -0.2) is 4.79 Å². The number of hydrogen-bond acceptors (Lipinski definition) is 2. The van der Waals surface area contributed by atoms with Crippen molar-refractivity contribution in [1.82, 2.24) is 4.98 Å². The van der Waals surface area contributed by atoms with Crippen LogP contribution in [-0.4, -0.2) is 17.6 Å². The summed E-state index contributed by atoms with van der Waals surface area (Å²) in [5.74, 6) is -0.299. The van der Waals surface area contributed by atoms with E-state index in [1.54, 1.807) is 25.3 Å². The molecule has 4 heteroatoms. The van der Waals surface area contributed by atoms with E-state index in [0.717, 1.165) is 0 Å². The lowest BCUT2D eigenvalue weighted by molar-refractivity contribution is 0.0520. The van der Waals surface area contributed by atoms with Gasteiger partial charge in [0.25, 0.3) is 0 Å². The molecule has 0 aliphatic carbocycles. The maximum atomic E-state index is 10.9. The number of aromatic amines is 1. The highest BCUT2D eigenvalue weighted by molar-refractivity contribution is 5.87. The van der Waals surface area contributed by atoms with Gasteiger partial charge < -0.3 is 9.72 Å². The molecule has 1 rings (SSSR count). The summed E-state index contributed by atoms with van der Waals surface area (Å²) < 4.78 is 4.72. The zero-order valence-electron chi connectivity index (χ0n) is 6.16. The van der Waals surface area contributed by atoms with Crippen molar-refractivity contribution in [3.8, 4) is 0 Å². The number of esters is 1. The molecule has 3 nitrogen and oxygen atoms in total. The summed E-state index contributed by atoms with van der Waals surface area (Å²) in [7, 11) is 0. The Kier molecular flexibility index (Phi) is 4.38. The molecular formula is C7H10ClNO2. The summed E-state index contributed by atoms with van der Waals surface area (Å²) in [5.41, 5.74) is 0.502. The SMILES string of the molecule is CCOC(=O)c1ccc[nH]1.Cl. The van der Waals surface area contributed by atoms with Crippen molar-refractivity contribution in [2.24, 2.45) is 0 Å². The molecule has 0 atom stereocenters. The van der Waals surface area contributed by atoms with Gasteiger partial charge in [-0.2, -0.15) is 0 Å². The highest BCUT2D eigenvalue weighted by atomic mass is 35.5. The normalized spacial score (nSPS) is 8.45. The van der Waals surface area contributed by atoms with E-state index in [4.69, 9.17) is 4.74 Å². The van der Waals surface area contributed by atoms with Crippen molar-refractivity contribution < 1.29 is 9.53 Å². The summed E-state index contributed by atoms with van der Waals surface area (Å²) >= 11 is 0. The molecule has 1 aromatic heterocycles. The molecule has 0 radical (unpaired) electrons. The van der Waals surface area contributed by atoms with Crippen LogP contribution in [0.1, 0.15) is 17.4 Å². The Morgan fingerprint density at radius 2 is 2.45 bits per heavy atom. The summed E-state index contributed by atoms with van der Waals surface area (Å²) in [6.07, 6.45) is 1.69. The number of rotatable bonds is 2. The van der Waals surface area contributed by atoms with Crippen molar-refractivity contribution in [3.63, 3.8) is 0 Å². The Labute approximate surface area is 71.2 Å². The number of H-pyrrole nitrogens is 1. The molecular weight excluding hydrogens is 166 g/mol. The predicted octanol–water partition coefficient (Wildman–Crippen LogP) is 1.61. The molecule has 0 aliphatic heterocycles. The molecule has 0 spiro atoms. The van der Waals surface area contributed by atoms with E-state index in [0.29, 0.717) is 12.3 Å². The summed E-state index contributed by atoms with van der Waals surface area (Å²) in [4.78, 5) is 13.6. The van der Waals surface area contributed by atoms with E-state index >= 15 is 0 Å². The largest absolute Gasteiger partial charge is 0.461 e. The van der Waals surface area contributed by atoms with Gasteiger partial charge in [0, 0.05) is 6.20 Å². The van der Waals surface area contributed by atoms with Crippen molar-refractivity contribution in [3.05, 3.63) is 24.0 Å². The minimum absolute atomic E-state index is 0. The first-order valence-electron chi connectivity index (χ1n) is 3.15. The zero-order valence-corrected chi connectivity index (χ0v) is 6.98. The molecule has 0 amide bonds. The van der Waals surface area contributed by atoms with E-state index in [-0.39, 0.29) is 18.4 Å². The van der Waals surface area contributed by atoms with Crippen LogP contribution in [0.25, 0.3) is 0 Å². The van der Waals surface area contributed by atoms with Gasteiger partial charge in [-0.1, -0.05) is 0 Å². The van der Waals surface area contributed by atoms with Crippen molar-refractivity contribution in [2.75, 3.05) is 6.61 Å². The number of aromatic nitrogens is 1. The van der Waals surface area contributed by atoms with Crippen LogP contribution in [0.3, 0.4) is 0 Å². The fraction of sp³-hybridized carbons (Fsp3) is 0.286. The zero-order chi connectivity index (χ0) is 7.40. The van der Waals surface area contributed by atoms with Gasteiger partial charge >= 0.3 is 5.97 Å². The fourth-order valence-electron chi connectivity index (χ4n) is 0.666. The second-order valence-electron chi connectivity index (χ2n) is 1.80. The van der Waals surface area contributed by atoms with E-state index in [1.165, 1.54) is 0 Å². The molecule has 1 aromatic rings. The molecule has 0 saturated carbocycles. The number of carbonyl (C=O) groups excluding carboxylic acids is 1. The highest BCUT2D eigenvalue weighted by Crippen LogP contribution is 1.96. The number of hydrogen-bond donors (Lipinski definition) is 1. The molecule has 62 valence electrons. The third-order valence-corrected chi connectivity index (χ3v) is 1.09. The van der Waals surface area contributed by atoms with Gasteiger partial charge in [0.15, 0.2) is 0 Å². The van der Waals surface area contributed by atoms with Crippen LogP contribution in [0.5, 0.6) is 0 Å². The second kappa shape index (κ2) is 4.79. The molecule has 0 aromatic carbocycles. The van der Waals surface area contributed by atoms with Gasteiger partial charge in [0.05, 0.1) is 6.61 Å². The Balaban J connectivity index is 0.000001000. The van der Waals surface area contributed by atoms with Gasteiger partial charge in [0.2, 0.25) is 0 Å². The summed E-state index contributed by atoms with van der Waals surface area (Å²) in [5, 5.41) is 0. The van der Waals surface area contributed by atoms with E-state index < -0.39 is 0 Å². The maximum Gasteiger partial charge on any atom is 0.354 e. The first-order valence-corrected chi connectivity index (χ1v) is 3.15. The van der Waals surface area contributed by atoms with Crippen molar-refractivity contribution in [1.29, 1.82) is 0 Å². The minimum atomic E-state index is -0.299. The first kappa shape index (κ1) is 10.0. The molecule has 0 saturated heterocycles. The Morgan fingerprint density at radius 1 is 1.73 bits per heavy atom. The molecule has 0 fully saturated rings. The standard InChI is InChI=1S/C7H9NO2.ClH/c1-2-10-7(9)6-4-3-5-8-6;/h3-5,8H,2H2,1H3;1H. The number of carbonyl (C=O) groups is 1. The van der Waals surface area contributed by atoms with Gasteiger partial charge in [-0.05, 0) is 19.1 Å². The first-order chi connectivity index (χ1) is 4.84. The van der Waals surface area contributed by atoms with Crippen LogP contribution >= 0.6 is 12.4 Å². The van der Waals surface area contributed by atoms with Gasteiger partial charge in [0.1, 0.15) is 5.69 Å². The minimum Gasteiger partial charge on any atom is -0.461 e. The van der Waals surface area contributed by atoms with Crippen LogP contribution in [0, 0.1) is 0 Å². The third kappa shape index (κ3) is 2.63. The van der Waals surface area contributed by atoms with Gasteiger partial charge in [-0.15, -0.1) is 12.4 Å². The number of halogens is 1. The lowest BCUT2D eigenvalue weighted by atomic mass is 10.4. The smallest absolute Gasteiger partial charge is 0.354 e. The molecule has 1 heterocycles. The van der Waals surface area contributed by atoms with Gasteiger partial charge in [-0.3, -0.25) is 0 Å². The summed E-state index contributed by atoms with van der Waals surface area (Å²) in [6.45, 7) is 2.19. The van der Waals surface area contributed by atoms with E-state index in [1.807, 2.05) is 0 Å². The summed E-state index contributed by atoms with van der Waals surface area (Å²) in [6, 6.07) is 3.43. The highest BCUT2D eigenvalue weighted by Gasteiger charge is 2.04. The van der Waals surface area contributed by atoms with Crippen LogP contribution < -0.4 is 0 Å². The lowest BCUT2D eigenvalue weighted by Crippen LogP contribution is -2.04. The van der Waals surface area contributed by atoms with Crippen LogP contribution in [0.2, 0.25) is 0 Å². The topological polar surface area (TPSA) is 42.1 Å². The lowest BCUT2D eigenvalue weighted by Gasteiger charge is -1.96. The van der Waals surface area contributed by atoms with Crippen LogP contribution in [-0.2, 0) is 4.74 Å². The van der Waals surface area contributed by atoms with E-state index in [2.05, 4.69) is 4.98 Å². The van der Waals surface area contributed by atoms with Crippen LogP contribution in [0.15, 0.2) is 18.3 Å². The third-order valence-electron chi connectivity index (χ3n) is 1.09. The average Bonchev–Trinajstić information content (AvgIpc) is 2.38. The second-order valence-corrected chi connectivity index (χ2v) is 1.80. The molecule has 0 aliphatic rings. The number of ether oxygens (including phenoxy) is 1. The Morgan fingerprint density at radius 3 is 2.91 bits per heavy atom. The Hall–Kier alpha value is -0.960. The van der Waals surface area contributed by atoms with Crippen molar-refractivity contribution in [2.45, 2.75) is 6.92 Å².